The molecule has 1 aromatic heterocycles. The first-order valence-corrected chi connectivity index (χ1v) is 7.74. The summed E-state index contributed by atoms with van der Waals surface area (Å²) in [7, 11) is 1.59. The van der Waals surface area contributed by atoms with Crippen molar-refractivity contribution >= 4 is 12.2 Å². The Balaban J connectivity index is 2.26. The molecule has 24 heavy (non-hydrogen) atoms. The van der Waals surface area contributed by atoms with Crippen molar-refractivity contribution in [3.05, 3.63) is 64.4 Å². The van der Waals surface area contributed by atoms with Crippen molar-refractivity contribution in [1.82, 2.24) is 9.97 Å². The van der Waals surface area contributed by atoms with Gasteiger partial charge in [0.15, 0.2) is 11.5 Å². The molecule has 0 bridgehead atoms. The summed E-state index contributed by atoms with van der Waals surface area (Å²) in [6, 6.07) is 7.09. The lowest BCUT2D eigenvalue weighted by Gasteiger charge is -2.09. The van der Waals surface area contributed by atoms with Crippen molar-refractivity contribution in [1.29, 1.82) is 0 Å². The summed E-state index contributed by atoms with van der Waals surface area (Å²) in [5.74, 6) is 2.13. The van der Waals surface area contributed by atoms with Gasteiger partial charge in [0.1, 0.15) is 12.4 Å². The second kappa shape index (κ2) is 8.15. The van der Waals surface area contributed by atoms with Gasteiger partial charge in [0.2, 0.25) is 0 Å². The van der Waals surface area contributed by atoms with E-state index >= 15 is 0 Å². The highest BCUT2D eigenvalue weighted by atomic mass is 16.5. The number of hydrogen-bond acceptors (Lipinski definition) is 4. The van der Waals surface area contributed by atoms with Crippen molar-refractivity contribution in [2.75, 3.05) is 13.7 Å². The van der Waals surface area contributed by atoms with E-state index in [-0.39, 0.29) is 11.5 Å². The van der Waals surface area contributed by atoms with Crippen LogP contribution in [0.2, 0.25) is 0 Å². The van der Waals surface area contributed by atoms with Gasteiger partial charge in [-0.25, -0.2) is 4.98 Å². The van der Waals surface area contributed by atoms with Crippen LogP contribution in [0.5, 0.6) is 11.5 Å². The Morgan fingerprint density at radius 3 is 2.71 bits per heavy atom. The van der Waals surface area contributed by atoms with Gasteiger partial charge in [-0.1, -0.05) is 38.6 Å². The standard InChI is InChI=1S/C19H22N2O3/c1-5-10-24-16-9-7-14(11-17(16)23-4)6-8-15-12-18(22)21-19(20-15)13(2)3/h5-9,11-13H,1,10H2,2-4H3,(H,20,21,22)/b8-6+. The summed E-state index contributed by atoms with van der Waals surface area (Å²) in [6.07, 6.45) is 5.37. The minimum atomic E-state index is -0.154. The predicted molar refractivity (Wildman–Crippen MR) is 96.6 cm³/mol. The zero-order valence-corrected chi connectivity index (χ0v) is 14.2. The molecule has 1 aromatic carbocycles. The van der Waals surface area contributed by atoms with Crippen LogP contribution in [-0.2, 0) is 0 Å². The minimum absolute atomic E-state index is 0.154. The molecule has 0 aliphatic rings. The maximum Gasteiger partial charge on any atom is 0.251 e. The number of aromatic amines is 1. The Morgan fingerprint density at radius 1 is 1.25 bits per heavy atom. The molecule has 0 saturated heterocycles. The third-order valence-electron chi connectivity index (χ3n) is 3.32. The second-order valence-electron chi connectivity index (χ2n) is 5.55. The molecule has 0 amide bonds. The fourth-order valence-electron chi connectivity index (χ4n) is 2.09. The van der Waals surface area contributed by atoms with Crippen LogP contribution in [0.15, 0.2) is 41.7 Å². The number of ether oxygens (including phenoxy) is 2. The number of rotatable bonds is 7. The molecular formula is C19H22N2O3. The van der Waals surface area contributed by atoms with E-state index in [4.69, 9.17) is 9.47 Å². The number of nitrogens with one attached hydrogen (secondary N) is 1. The number of hydrogen-bond donors (Lipinski definition) is 1. The Morgan fingerprint density at radius 2 is 2.04 bits per heavy atom. The summed E-state index contributed by atoms with van der Waals surface area (Å²) in [5, 5.41) is 0. The molecule has 5 nitrogen and oxygen atoms in total. The van der Waals surface area contributed by atoms with Gasteiger partial charge in [-0.15, -0.1) is 0 Å². The zero-order chi connectivity index (χ0) is 17.5. The van der Waals surface area contributed by atoms with Crippen molar-refractivity contribution in [2.24, 2.45) is 0 Å². The van der Waals surface area contributed by atoms with E-state index in [1.807, 2.05) is 38.1 Å². The van der Waals surface area contributed by atoms with Crippen LogP contribution in [0.25, 0.3) is 12.2 Å². The third-order valence-corrected chi connectivity index (χ3v) is 3.32. The van der Waals surface area contributed by atoms with Gasteiger partial charge in [0.25, 0.3) is 5.56 Å². The molecule has 0 aliphatic carbocycles. The van der Waals surface area contributed by atoms with Crippen LogP contribution >= 0.6 is 0 Å². The van der Waals surface area contributed by atoms with Gasteiger partial charge in [-0.3, -0.25) is 4.79 Å². The fraction of sp³-hybridized carbons (Fsp3) is 0.263. The van der Waals surface area contributed by atoms with Crippen LogP contribution in [0, 0.1) is 0 Å². The van der Waals surface area contributed by atoms with E-state index in [1.54, 1.807) is 19.3 Å². The smallest absolute Gasteiger partial charge is 0.251 e. The van der Waals surface area contributed by atoms with E-state index in [9.17, 15) is 4.79 Å². The first kappa shape index (κ1) is 17.5. The molecule has 0 fully saturated rings. The second-order valence-corrected chi connectivity index (χ2v) is 5.55. The fourth-order valence-corrected chi connectivity index (χ4v) is 2.09. The number of benzene rings is 1. The molecule has 0 unspecified atom stereocenters. The SMILES string of the molecule is C=CCOc1ccc(/C=C/c2cc(=O)[nH]c(C(C)C)n2)cc1OC. The molecule has 1 N–H and O–H groups in total. The van der Waals surface area contributed by atoms with Crippen LogP contribution < -0.4 is 15.0 Å². The molecule has 126 valence electrons. The van der Waals surface area contributed by atoms with E-state index in [0.717, 1.165) is 5.56 Å². The van der Waals surface area contributed by atoms with Gasteiger partial charge in [-0.2, -0.15) is 0 Å². The van der Waals surface area contributed by atoms with E-state index in [1.165, 1.54) is 6.07 Å². The summed E-state index contributed by atoms with van der Waals surface area (Å²) in [4.78, 5) is 18.9. The lowest BCUT2D eigenvalue weighted by molar-refractivity contribution is 0.326. The number of nitrogens with zero attached hydrogens (tertiary/aromatic N) is 1. The highest BCUT2D eigenvalue weighted by Gasteiger charge is 2.05. The molecule has 5 heteroatoms. The average molecular weight is 326 g/mol. The van der Waals surface area contributed by atoms with Crippen LogP contribution in [0.4, 0.5) is 0 Å². The lowest BCUT2D eigenvalue weighted by atomic mass is 10.1. The number of aromatic nitrogens is 2. The van der Waals surface area contributed by atoms with Gasteiger partial charge in [0, 0.05) is 12.0 Å². The van der Waals surface area contributed by atoms with Gasteiger partial charge >= 0.3 is 0 Å². The first-order chi connectivity index (χ1) is 11.5. The topological polar surface area (TPSA) is 64.2 Å². The van der Waals surface area contributed by atoms with E-state index < -0.39 is 0 Å². The molecule has 0 saturated carbocycles. The molecule has 1 heterocycles. The maximum absolute atomic E-state index is 11.7. The van der Waals surface area contributed by atoms with Gasteiger partial charge in [0.05, 0.1) is 12.8 Å². The van der Waals surface area contributed by atoms with Crippen molar-refractivity contribution in [2.45, 2.75) is 19.8 Å². The molecule has 0 spiro atoms. The number of methoxy groups -OCH3 is 1. The van der Waals surface area contributed by atoms with E-state index in [2.05, 4.69) is 16.5 Å². The summed E-state index contributed by atoms with van der Waals surface area (Å²) >= 11 is 0. The Bertz CT molecular complexity index is 791. The quantitative estimate of drug-likeness (QED) is 0.789. The van der Waals surface area contributed by atoms with E-state index in [0.29, 0.717) is 29.6 Å². The Kier molecular flexibility index (Phi) is 5.95. The first-order valence-electron chi connectivity index (χ1n) is 7.74. The zero-order valence-electron chi connectivity index (χ0n) is 14.2. The third kappa shape index (κ3) is 4.59. The normalized spacial score (nSPS) is 11.0. The highest BCUT2D eigenvalue weighted by molar-refractivity contribution is 5.69. The van der Waals surface area contributed by atoms with Crippen molar-refractivity contribution < 1.29 is 9.47 Å². The average Bonchev–Trinajstić information content (AvgIpc) is 2.57. The molecule has 0 atom stereocenters. The Labute approximate surface area is 141 Å². The summed E-state index contributed by atoms with van der Waals surface area (Å²) in [6.45, 7) is 8.01. The summed E-state index contributed by atoms with van der Waals surface area (Å²) in [5.41, 5.74) is 1.39. The summed E-state index contributed by atoms with van der Waals surface area (Å²) < 4.78 is 10.9. The van der Waals surface area contributed by atoms with Gasteiger partial charge in [-0.05, 0) is 23.8 Å². The largest absolute Gasteiger partial charge is 0.493 e. The molecule has 0 radical (unpaired) electrons. The molecule has 2 rings (SSSR count). The predicted octanol–water partition coefficient (Wildman–Crippen LogP) is 3.64. The van der Waals surface area contributed by atoms with Gasteiger partial charge < -0.3 is 14.5 Å². The van der Waals surface area contributed by atoms with Crippen LogP contribution in [0.3, 0.4) is 0 Å². The highest BCUT2D eigenvalue weighted by Crippen LogP contribution is 2.28. The van der Waals surface area contributed by atoms with Crippen LogP contribution in [-0.4, -0.2) is 23.7 Å². The number of H-pyrrole nitrogens is 1. The lowest BCUT2D eigenvalue weighted by Crippen LogP contribution is -2.12. The minimum Gasteiger partial charge on any atom is -0.493 e. The van der Waals surface area contributed by atoms with Crippen molar-refractivity contribution in [3.8, 4) is 11.5 Å². The molecule has 0 aliphatic heterocycles. The molecular weight excluding hydrogens is 304 g/mol. The van der Waals surface area contributed by atoms with Crippen LogP contribution in [0.1, 0.15) is 36.8 Å². The monoisotopic (exact) mass is 326 g/mol. The Hall–Kier alpha value is -2.82. The molecule has 2 aromatic rings. The van der Waals surface area contributed by atoms with Crippen molar-refractivity contribution in [3.63, 3.8) is 0 Å². The maximum atomic E-state index is 11.7.